The van der Waals surface area contributed by atoms with Crippen LogP contribution in [-0.2, 0) is 10.9 Å². The fourth-order valence-electron chi connectivity index (χ4n) is 2.13. The molecule has 110 valence electrons. The van der Waals surface area contributed by atoms with E-state index in [9.17, 15) is 5.11 Å². The average Bonchev–Trinajstić information content (AvgIpc) is 2.53. The molecule has 0 unspecified atom stereocenters. The molecule has 0 bridgehead atoms. The quantitative estimate of drug-likeness (QED) is 0.594. The van der Waals surface area contributed by atoms with E-state index in [0.717, 1.165) is 14.7 Å². The standard InChI is InChI=1S/C18H12Cl2OS/c19-13-1-7-16(8-2-13)22(17-9-3-14(20)4-10-17)18-11-5-15(21)6-12-18/h1-12H/p+1. The van der Waals surface area contributed by atoms with E-state index in [1.807, 2.05) is 60.7 Å². The molecule has 1 nitrogen and oxygen atoms in total. The van der Waals surface area contributed by atoms with Gasteiger partial charge in [-0.25, -0.2) is 0 Å². The van der Waals surface area contributed by atoms with Crippen molar-refractivity contribution in [2.75, 3.05) is 0 Å². The molecule has 0 radical (unpaired) electrons. The van der Waals surface area contributed by atoms with Crippen LogP contribution in [-0.4, -0.2) is 5.11 Å². The second kappa shape index (κ2) is 6.66. The fourth-order valence-corrected chi connectivity index (χ4v) is 4.43. The molecule has 0 fully saturated rings. The fraction of sp³-hybridized carbons (Fsp3) is 0. The SMILES string of the molecule is Oc1ccc([S+](c2ccc(Cl)cc2)c2ccc(Cl)cc2)cc1. The van der Waals surface area contributed by atoms with Gasteiger partial charge in [0.2, 0.25) is 0 Å². The minimum absolute atomic E-state index is 0.263. The van der Waals surface area contributed by atoms with E-state index in [1.54, 1.807) is 12.1 Å². The summed E-state index contributed by atoms with van der Waals surface area (Å²) >= 11 is 12.0. The van der Waals surface area contributed by atoms with Crippen molar-refractivity contribution in [2.45, 2.75) is 14.7 Å². The second-order valence-corrected chi connectivity index (χ2v) is 7.61. The summed E-state index contributed by atoms with van der Waals surface area (Å²) in [5.74, 6) is 0.263. The number of halogens is 2. The first-order chi connectivity index (χ1) is 10.6. The van der Waals surface area contributed by atoms with Crippen molar-refractivity contribution in [3.05, 3.63) is 82.8 Å². The van der Waals surface area contributed by atoms with E-state index in [2.05, 4.69) is 0 Å². The number of phenolic OH excluding ortho intramolecular Hbond substituents is 1. The van der Waals surface area contributed by atoms with E-state index in [4.69, 9.17) is 23.2 Å². The third kappa shape index (κ3) is 3.41. The zero-order chi connectivity index (χ0) is 15.5. The molecule has 0 saturated heterocycles. The lowest BCUT2D eigenvalue weighted by Crippen LogP contribution is -2.04. The third-order valence-electron chi connectivity index (χ3n) is 3.17. The van der Waals surface area contributed by atoms with Gasteiger partial charge in [0.05, 0.1) is 10.9 Å². The van der Waals surface area contributed by atoms with E-state index < -0.39 is 0 Å². The molecular weight excluding hydrogens is 335 g/mol. The Kier molecular flexibility index (Phi) is 4.63. The van der Waals surface area contributed by atoms with Gasteiger partial charge < -0.3 is 5.11 Å². The van der Waals surface area contributed by atoms with Crippen LogP contribution in [0.5, 0.6) is 5.75 Å². The number of benzene rings is 3. The summed E-state index contributed by atoms with van der Waals surface area (Å²) in [7, 11) is -0.268. The van der Waals surface area contributed by atoms with Gasteiger partial charge in [0.15, 0.2) is 14.7 Å². The molecule has 0 spiro atoms. The van der Waals surface area contributed by atoms with Crippen LogP contribution < -0.4 is 0 Å². The smallest absolute Gasteiger partial charge is 0.166 e. The van der Waals surface area contributed by atoms with Gasteiger partial charge in [-0.15, -0.1) is 0 Å². The molecule has 3 aromatic carbocycles. The predicted octanol–water partition coefficient (Wildman–Crippen LogP) is 5.79. The van der Waals surface area contributed by atoms with Crippen LogP contribution in [0, 0.1) is 0 Å². The van der Waals surface area contributed by atoms with Gasteiger partial charge in [-0.3, -0.25) is 0 Å². The van der Waals surface area contributed by atoms with Gasteiger partial charge in [0.1, 0.15) is 5.75 Å². The van der Waals surface area contributed by atoms with Crippen LogP contribution in [0.4, 0.5) is 0 Å². The van der Waals surface area contributed by atoms with E-state index in [-0.39, 0.29) is 16.6 Å². The van der Waals surface area contributed by atoms with Gasteiger partial charge >= 0.3 is 0 Å². The normalized spacial score (nSPS) is 10.9. The van der Waals surface area contributed by atoms with Crippen molar-refractivity contribution in [3.8, 4) is 5.75 Å². The largest absolute Gasteiger partial charge is 0.508 e. The summed E-state index contributed by atoms with van der Waals surface area (Å²) in [5, 5.41) is 11.0. The van der Waals surface area contributed by atoms with Crippen molar-refractivity contribution >= 4 is 34.1 Å². The Bertz CT molecular complexity index is 644. The summed E-state index contributed by atoms with van der Waals surface area (Å²) in [5.41, 5.74) is 0. The summed E-state index contributed by atoms with van der Waals surface area (Å²) in [6, 6.07) is 23.0. The van der Waals surface area contributed by atoms with Gasteiger partial charge in [-0.2, -0.15) is 0 Å². The molecule has 3 rings (SSSR count). The first-order valence-corrected chi connectivity index (χ1v) is 8.66. The number of rotatable bonds is 3. The highest BCUT2D eigenvalue weighted by molar-refractivity contribution is 7.97. The first kappa shape index (κ1) is 15.3. The number of aromatic hydroxyl groups is 1. The predicted molar refractivity (Wildman–Crippen MR) is 93.2 cm³/mol. The van der Waals surface area contributed by atoms with E-state index in [0.29, 0.717) is 10.0 Å². The molecule has 0 aromatic heterocycles. The van der Waals surface area contributed by atoms with Crippen LogP contribution in [0.25, 0.3) is 0 Å². The second-order valence-electron chi connectivity index (χ2n) is 4.71. The topological polar surface area (TPSA) is 20.2 Å². The summed E-state index contributed by atoms with van der Waals surface area (Å²) in [6.45, 7) is 0. The molecule has 0 heterocycles. The van der Waals surface area contributed by atoms with Crippen LogP contribution in [0.3, 0.4) is 0 Å². The van der Waals surface area contributed by atoms with Gasteiger partial charge in [0, 0.05) is 10.0 Å². The summed E-state index contributed by atoms with van der Waals surface area (Å²) < 4.78 is 0. The Morgan fingerprint density at radius 3 is 1.23 bits per heavy atom. The Balaban J connectivity index is 2.10. The number of hydrogen-bond acceptors (Lipinski definition) is 1. The van der Waals surface area contributed by atoms with Crippen LogP contribution in [0.1, 0.15) is 0 Å². The summed E-state index contributed by atoms with van der Waals surface area (Å²) in [6.07, 6.45) is 0. The molecule has 1 N–H and O–H groups in total. The average molecular weight is 348 g/mol. The molecule has 0 aliphatic heterocycles. The molecule has 0 atom stereocenters. The van der Waals surface area contributed by atoms with Crippen molar-refractivity contribution < 1.29 is 5.11 Å². The zero-order valence-corrected chi connectivity index (χ0v) is 13.9. The molecule has 0 aliphatic rings. The monoisotopic (exact) mass is 347 g/mol. The molecule has 0 amide bonds. The van der Waals surface area contributed by atoms with Crippen LogP contribution in [0.15, 0.2) is 87.5 Å². The van der Waals surface area contributed by atoms with Crippen molar-refractivity contribution in [1.82, 2.24) is 0 Å². The van der Waals surface area contributed by atoms with Crippen molar-refractivity contribution in [2.24, 2.45) is 0 Å². The maximum atomic E-state index is 9.52. The maximum Gasteiger partial charge on any atom is 0.166 e. The lowest BCUT2D eigenvalue weighted by molar-refractivity contribution is 0.475. The summed E-state index contributed by atoms with van der Waals surface area (Å²) in [4.78, 5) is 3.46. The Hall–Kier alpha value is -1.61. The molecule has 0 saturated carbocycles. The lowest BCUT2D eigenvalue weighted by Gasteiger charge is -2.08. The minimum Gasteiger partial charge on any atom is -0.508 e. The molecule has 4 heteroatoms. The van der Waals surface area contributed by atoms with Gasteiger partial charge in [0.25, 0.3) is 0 Å². The highest BCUT2D eigenvalue weighted by Gasteiger charge is 2.28. The van der Waals surface area contributed by atoms with Crippen LogP contribution >= 0.6 is 23.2 Å². The van der Waals surface area contributed by atoms with Gasteiger partial charge in [-0.1, -0.05) is 23.2 Å². The molecular formula is C18H13Cl2OS+. The molecule has 0 aliphatic carbocycles. The highest BCUT2D eigenvalue weighted by Crippen LogP contribution is 2.33. The van der Waals surface area contributed by atoms with E-state index >= 15 is 0 Å². The third-order valence-corrected chi connectivity index (χ3v) is 5.91. The lowest BCUT2D eigenvalue weighted by atomic mass is 10.3. The van der Waals surface area contributed by atoms with E-state index in [1.165, 1.54) is 0 Å². The Morgan fingerprint density at radius 2 is 0.864 bits per heavy atom. The number of hydrogen-bond donors (Lipinski definition) is 1. The van der Waals surface area contributed by atoms with Crippen LogP contribution in [0.2, 0.25) is 10.0 Å². The van der Waals surface area contributed by atoms with Crippen molar-refractivity contribution in [3.63, 3.8) is 0 Å². The Labute approximate surface area is 142 Å². The Morgan fingerprint density at radius 1 is 0.545 bits per heavy atom. The highest BCUT2D eigenvalue weighted by atomic mass is 35.5. The molecule has 22 heavy (non-hydrogen) atoms. The van der Waals surface area contributed by atoms with Gasteiger partial charge in [-0.05, 0) is 72.8 Å². The first-order valence-electron chi connectivity index (χ1n) is 6.68. The number of phenols is 1. The minimum atomic E-state index is -0.268. The molecule has 3 aromatic rings. The van der Waals surface area contributed by atoms with Crippen molar-refractivity contribution in [1.29, 1.82) is 0 Å². The zero-order valence-electron chi connectivity index (χ0n) is 11.5. The maximum absolute atomic E-state index is 9.52.